The molecule has 2 saturated heterocycles. The van der Waals surface area contributed by atoms with E-state index in [1.165, 1.54) is 12.8 Å². The predicted molar refractivity (Wildman–Crippen MR) is 115 cm³/mol. The second-order valence-corrected chi connectivity index (χ2v) is 7.61. The average Bonchev–Trinajstić information content (AvgIpc) is 2.74. The van der Waals surface area contributed by atoms with Crippen molar-refractivity contribution in [2.45, 2.75) is 26.2 Å². The first kappa shape index (κ1) is 23.4. The Morgan fingerprint density at radius 3 is 2.79 bits per heavy atom. The van der Waals surface area contributed by atoms with Gasteiger partial charge in [0.05, 0.1) is 18.9 Å². The number of ether oxygens (including phenoxy) is 2. The maximum absolute atomic E-state index is 12.5. The first-order chi connectivity index (χ1) is 13.6. The highest BCUT2D eigenvalue weighted by atomic mass is 35.5. The van der Waals surface area contributed by atoms with E-state index in [1.807, 2.05) is 12.1 Å². The molecule has 0 aromatic heterocycles. The number of hydrogen-bond acceptors (Lipinski definition) is 5. The minimum atomic E-state index is -0.0668. The summed E-state index contributed by atoms with van der Waals surface area (Å²) in [5.41, 5.74) is 0.608. The lowest BCUT2D eigenvalue weighted by Gasteiger charge is -2.28. The number of carbonyl (C=O) groups is 2. The van der Waals surface area contributed by atoms with E-state index in [1.54, 1.807) is 17.0 Å². The van der Waals surface area contributed by atoms with Crippen LogP contribution >= 0.6 is 12.4 Å². The minimum absolute atomic E-state index is 0. The molecule has 7 nitrogen and oxygen atoms in total. The number of amides is 2. The molecule has 162 valence electrons. The zero-order chi connectivity index (χ0) is 19.8. The Morgan fingerprint density at radius 2 is 2.07 bits per heavy atom. The second kappa shape index (κ2) is 12.0. The summed E-state index contributed by atoms with van der Waals surface area (Å²) in [6.07, 6.45) is 2.82. The highest BCUT2D eigenvalue weighted by Gasteiger charge is 2.23. The number of piperidine rings is 1. The normalized spacial score (nSPS) is 20.3. The Kier molecular flexibility index (Phi) is 9.70. The van der Waals surface area contributed by atoms with Crippen LogP contribution in [0.3, 0.4) is 0 Å². The topological polar surface area (TPSA) is 79.9 Å². The lowest BCUT2D eigenvalue weighted by atomic mass is 9.85. The number of rotatable bonds is 7. The average molecular weight is 426 g/mol. The Balaban J connectivity index is 0.00000300. The molecule has 2 aliphatic rings. The number of para-hydroxylation sites is 2. The number of carbonyl (C=O) groups excluding carboxylic acids is 2. The summed E-state index contributed by atoms with van der Waals surface area (Å²) >= 11 is 0. The number of nitrogens with one attached hydrogen (secondary N) is 2. The smallest absolute Gasteiger partial charge is 0.260 e. The summed E-state index contributed by atoms with van der Waals surface area (Å²) in [5, 5.41) is 6.36. The summed E-state index contributed by atoms with van der Waals surface area (Å²) in [6.45, 7) is 6.46. The molecule has 2 N–H and O–H groups in total. The van der Waals surface area contributed by atoms with Crippen LogP contribution in [0.4, 0.5) is 5.69 Å². The van der Waals surface area contributed by atoms with Gasteiger partial charge in [-0.25, -0.2) is 0 Å². The highest BCUT2D eigenvalue weighted by Crippen LogP contribution is 2.26. The molecule has 0 spiro atoms. The molecule has 1 aromatic carbocycles. The van der Waals surface area contributed by atoms with Gasteiger partial charge in [-0.15, -0.1) is 12.4 Å². The van der Waals surface area contributed by atoms with Gasteiger partial charge in [0.15, 0.2) is 6.61 Å². The molecule has 3 rings (SSSR count). The van der Waals surface area contributed by atoms with Gasteiger partial charge in [-0.05, 0) is 49.9 Å². The fourth-order valence-corrected chi connectivity index (χ4v) is 3.76. The lowest BCUT2D eigenvalue weighted by molar-refractivity contribution is -0.137. The monoisotopic (exact) mass is 425 g/mol. The minimum Gasteiger partial charge on any atom is -0.482 e. The van der Waals surface area contributed by atoms with E-state index in [9.17, 15) is 9.59 Å². The van der Waals surface area contributed by atoms with E-state index < -0.39 is 0 Å². The van der Waals surface area contributed by atoms with Crippen LogP contribution in [0.15, 0.2) is 24.3 Å². The van der Waals surface area contributed by atoms with Crippen LogP contribution in [0.1, 0.15) is 26.2 Å². The summed E-state index contributed by atoms with van der Waals surface area (Å²) < 4.78 is 11.0. The number of morpholine rings is 1. The first-order valence-corrected chi connectivity index (χ1v) is 10.2. The third-order valence-corrected chi connectivity index (χ3v) is 5.52. The van der Waals surface area contributed by atoms with Crippen molar-refractivity contribution in [1.82, 2.24) is 10.2 Å². The van der Waals surface area contributed by atoms with Crippen molar-refractivity contribution in [2.75, 3.05) is 51.3 Å². The second-order valence-electron chi connectivity index (χ2n) is 7.61. The van der Waals surface area contributed by atoms with Gasteiger partial charge in [0.2, 0.25) is 5.91 Å². The van der Waals surface area contributed by atoms with Gasteiger partial charge >= 0.3 is 0 Å². The SMILES string of the molecule is CC(CC(=O)Nc1ccccc1OCC(=O)N1CCOCC1)C1CCCNC1.Cl. The zero-order valence-electron chi connectivity index (χ0n) is 17.0. The Bertz CT molecular complexity index is 661. The van der Waals surface area contributed by atoms with Gasteiger partial charge in [0.25, 0.3) is 5.91 Å². The zero-order valence-corrected chi connectivity index (χ0v) is 17.8. The van der Waals surface area contributed by atoms with Crippen molar-refractivity contribution in [3.63, 3.8) is 0 Å². The Morgan fingerprint density at radius 1 is 1.31 bits per heavy atom. The van der Waals surface area contributed by atoms with E-state index in [-0.39, 0.29) is 30.8 Å². The van der Waals surface area contributed by atoms with Gasteiger partial charge in [-0.2, -0.15) is 0 Å². The standard InChI is InChI=1S/C21H31N3O4.ClH/c1-16(17-5-4-8-22-14-17)13-20(25)23-18-6-2-3-7-19(18)28-15-21(26)24-9-11-27-12-10-24;/h2-3,6-7,16-17,22H,4-5,8-15H2,1H3,(H,23,25);1H. The van der Waals surface area contributed by atoms with E-state index in [2.05, 4.69) is 17.6 Å². The maximum Gasteiger partial charge on any atom is 0.260 e. The highest BCUT2D eigenvalue weighted by molar-refractivity contribution is 5.92. The molecule has 0 radical (unpaired) electrons. The number of anilines is 1. The molecule has 2 unspecified atom stereocenters. The Hall–Kier alpha value is -1.83. The molecule has 2 aliphatic heterocycles. The van der Waals surface area contributed by atoms with Crippen molar-refractivity contribution < 1.29 is 19.1 Å². The van der Waals surface area contributed by atoms with Gasteiger partial charge in [0, 0.05) is 19.5 Å². The third kappa shape index (κ3) is 7.17. The molecule has 2 fully saturated rings. The summed E-state index contributed by atoms with van der Waals surface area (Å²) in [6, 6.07) is 7.26. The maximum atomic E-state index is 12.5. The van der Waals surface area contributed by atoms with Gasteiger partial charge in [-0.3, -0.25) is 9.59 Å². The molecular formula is C21H32ClN3O4. The predicted octanol–water partition coefficient (Wildman–Crippen LogP) is 2.31. The quantitative estimate of drug-likeness (QED) is 0.700. The Labute approximate surface area is 178 Å². The van der Waals surface area contributed by atoms with E-state index in [0.717, 1.165) is 13.1 Å². The third-order valence-electron chi connectivity index (χ3n) is 5.52. The largest absolute Gasteiger partial charge is 0.482 e. The van der Waals surface area contributed by atoms with Crippen molar-refractivity contribution in [1.29, 1.82) is 0 Å². The molecule has 2 heterocycles. The van der Waals surface area contributed by atoms with Crippen LogP contribution in [0.25, 0.3) is 0 Å². The van der Waals surface area contributed by atoms with Crippen molar-refractivity contribution in [3.05, 3.63) is 24.3 Å². The van der Waals surface area contributed by atoms with Crippen LogP contribution in [0.2, 0.25) is 0 Å². The van der Waals surface area contributed by atoms with Gasteiger partial charge in [-0.1, -0.05) is 19.1 Å². The summed E-state index contributed by atoms with van der Waals surface area (Å²) in [5.74, 6) is 1.29. The van der Waals surface area contributed by atoms with E-state index in [4.69, 9.17) is 9.47 Å². The molecule has 0 saturated carbocycles. The van der Waals surface area contributed by atoms with Crippen LogP contribution in [0.5, 0.6) is 5.75 Å². The number of hydrogen-bond donors (Lipinski definition) is 2. The van der Waals surface area contributed by atoms with Crippen LogP contribution in [-0.4, -0.2) is 62.7 Å². The van der Waals surface area contributed by atoms with Crippen molar-refractivity contribution >= 4 is 29.9 Å². The van der Waals surface area contributed by atoms with Gasteiger partial charge in [0.1, 0.15) is 5.75 Å². The fraction of sp³-hybridized carbons (Fsp3) is 0.619. The molecule has 1 aromatic rings. The first-order valence-electron chi connectivity index (χ1n) is 10.2. The number of benzene rings is 1. The number of nitrogens with zero attached hydrogens (tertiary/aromatic N) is 1. The van der Waals surface area contributed by atoms with Crippen molar-refractivity contribution in [2.24, 2.45) is 11.8 Å². The van der Waals surface area contributed by atoms with Gasteiger partial charge < -0.3 is 25.0 Å². The van der Waals surface area contributed by atoms with Crippen LogP contribution in [0, 0.1) is 11.8 Å². The molecule has 8 heteroatoms. The van der Waals surface area contributed by atoms with E-state index >= 15 is 0 Å². The summed E-state index contributed by atoms with van der Waals surface area (Å²) in [7, 11) is 0. The van der Waals surface area contributed by atoms with Crippen LogP contribution < -0.4 is 15.4 Å². The molecule has 2 atom stereocenters. The molecule has 2 amide bonds. The fourth-order valence-electron chi connectivity index (χ4n) is 3.76. The molecule has 0 bridgehead atoms. The molecular weight excluding hydrogens is 394 g/mol. The lowest BCUT2D eigenvalue weighted by Crippen LogP contribution is -2.43. The summed E-state index contributed by atoms with van der Waals surface area (Å²) in [4.78, 5) is 26.5. The van der Waals surface area contributed by atoms with E-state index in [0.29, 0.717) is 56.0 Å². The van der Waals surface area contributed by atoms with Crippen LogP contribution in [-0.2, 0) is 14.3 Å². The molecule has 0 aliphatic carbocycles. The molecule has 29 heavy (non-hydrogen) atoms. The number of halogens is 1. The van der Waals surface area contributed by atoms with Crippen molar-refractivity contribution in [3.8, 4) is 5.75 Å².